The number of benzene rings is 1. The number of nitrogens with zero attached hydrogens (tertiary/aromatic N) is 4. The number of halogens is 1. The minimum Gasteiger partial charge on any atom is -0.369 e. The third-order valence-corrected chi connectivity index (χ3v) is 5.94. The van der Waals surface area contributed by atoms with Gasteiger partial charge in [0.15, 0.2) is 5.82 Å². The second-order valence-electron chi connectivity index (χ2n) is 8.33. The maximum absolute atomic E-state index is 14.4. The van der Waals surface area contributed by atoms with Crippen molar-refractivity contribution >= 4 is 28.2 Å². The third-order valence-electron chi connectivity index (χ3n) is 5.94. The minimum absolute atomic E-state index is 0.00491. The third kappa shape index (κ3) is 5.14. The first-order valence-electron chi connectivity index (χ1n) is 11.5. The highest BCUT2D eigenvalue weighted by atomic mass is 19.1. The van der Waals surface area contributed by atoms with Crippen LogP contribution in [-0.2, 0) is 4.74 Å². The highest BCUT2D eigenvalue weighted by Gasteiger charge is 2.19. The van der Waals surface area contributed by atoms with Crippen LogP contribution in [0.4, 0.5) is 10.2 Å². The fourth-order valence-corrected chi connectivity index (χ4v) is 4.11. The van der Waals surface area contributed by atoms with Gasteiger partial charge in [0, 0.05) is 56.4 Å². The van der Waals surface area contributed by atoms with E-state index in [2.05, 4.69) is 25.6 Å². The second-order valence-corrected chi connectivity index (χ2v) is 8.33. The number of carbonyl (C=O) groups excluding carboxylic acids is 1. The summed E-state index contributed by atoms with van der Waals surface area (Å²) in [6, 6.07) is 7.38. The van der Waals surface area contributed by atoms with Gasteiger partial charge < -0.3 is 20.3 Å². The molecule has 0 spiro atoms. The Morgan fingerprint density at radius 2 is 2.11 bits per heavy atom. The number of amides is 1. The average Bonchev–Trinajstić information content (AvgIpc) is 2.87. The molecule has 4 rings (SSSR count). The molecule has 1 aromatic carbocycles. The van der Waals surface area contributed by atoms with Crippen molar-refractivity contribution in [1.82, 2.24) is 25.2 Å². The van der Waals surface area contributed by atoms with Gasteiger partial charge in [0.05, 0.1) is 23.0 Å². The van der Waals surface area contributed by atoms with Crippen molar-refractivity contribution in [2.45, 2.75) is 26.0 Å². The highest BCUT2D eigenvalue weighted by Crippen LogP contribution is 2.28. The molecule has 0 fully saturated rings. The Morgan fingerprint density at radius 1 is 1.29 bits per heavy atom. The molecule has 0 saturated carbocycles. The molecule has 1 unspecified atom stereocenters. The smallest absolute Gasteiger partial charge is 0.254 e. The molecular weight excluding hydrogens is 447 g/mol. The van der Waals surface area contributed by atoms with Gasteiger partial charge in [-0.15, -0.1) is 0 Å². The Balaban J connectivity index is 1.52. The van der Waals surface area contributed by atoms with Gasteiger partial charge in [-0.25, -0.2) is 14.4 Å². The van der Waals surface area contributed by atoms with Gasteiger partial charge >= 0.3 is 0 Å². The summed E-state index contributed by atoms with van der Waals surface area (Å²) in [5.74, 6) is -0.413. The Bertz CT molecular complexity index is 1290. The predicted molar refractivity (Wildman–Crippen MR) is 134 cm³/mol. The standard InChI is InChI=1S/C26H29FN6O2/c1-5-35-23-10-9-17(14-33(23)4)21-11-22(32-15-31-21)29-12-16(2)18-7-6-8-19-24(26(34)28-3)20(27)13-30-25(18)19/h6-11,13-16,23H,5,12H2,1-4H3,(H,28,34)(H,29,31,32)/t16-,23?/m1/s1. The fraction of sp³-hybridized carbons (Fsp3) is 0.308. The molecule has 0 radical (unpaired) electrons. The highest BCUT2D eigenvalue weighted by molar-refractivity contribution is 6.06. The van der Waals surface area contributed by atoms with Crippen molar-refractivity contribution in [3.63, 3.8) is 0 Å². The molecule has 0 saturated heterocycles. The first kappa shape index (κ1) is 24.3. The quantitative estimate of drug-likeness (QED) is 0.509. The zero-order valence-corrected chi connectivity index (χ0v) is 20.2. The summed E-state index contributed by atoms with van der Waals surface area (Å²) < 4.78 is 20.0. The first-order valence-corrected chi connectivity index (χ1v) is 11.5. The Labute approximate surface area is 203 Å². The maximum Gasteiger partial charge on any atom is 0.254 e. The minimum atomic E-state index is -0.641. The molecule has 2 N–H and O–H groups in total. The summed E-state index contributed by atoms with van der Waals surface area (Å²) in [5, 5.41) is 6.36. The van der Waals surface area contributed by atoms with Crippen LogP contribution in [0, 0.1) is 5.82 Å². The van der Waals surface area contributed by atoms with E-state index in [1.165, 1.54) is 13.4 Å². The van der Waals surface area contributed by atoms with Crippen LogP contribution in [0.2, 0.25) is 0 Å². The lowest BCUT2D eigenvalue weighted by Crippen LogP contribution is -2.30. The largest absolute Gasteiger partial charge is 0.369 e. The molecule has 3 aromatic rings. The second kappa shape index (κ2) is 10.6. The molecule has 35 heavy (non-hydrogen) atoms. The molecule has 1 amide bonds. The van der Waals surface area contributed by atoms with Crippen molar-refractivity contribution in [1.29, 1.82) is 0 Å². The summed E-state index contributed by atoms with van der Waals surface area (Å²) in [6.45, 7) is 5.21. The molecular formula is C26H29FN6O2. The number of fused-ring (bicyclic) bond motifs is 1. The van der Waals surface area contributed by atoms with Crippen LogP contribution in [0.3, 0.4) is 0 Å². The van der Waals surface area contributed by atoms with Gasteiger partial charge in [-0.3, -0.25) is 9.78 Å². The molecule has 0 aliphatic carbocycles. The summed E-state index contributed by atoms with van der Waals surface area (Å²) in [4.78, 5) is 27.3. The van der Waals surface area contributed by atoms with E-state index >= 15 is 0 Å². The van der Waals surface area contributed by atoms with Crippen molar-refractivity contribution in [2.24, 2.45) is 0 Å². The number of hydrogen-bond acceptors (Lipinski definition) is 7. The van der Waals surface area contributed by atoms with Crippen molar-refractivity contribution in [2.75, 3.05) is 32.6 Å². The van der Waals surface area contributed by atoms with E-state index in [4.69, 9.17) is 4.74 Å². The molecule has 8 nitrogen and oxygen atoms in total. The number of pyridine rings is 1. The number of nitrogens with one attached hydrogen (secondary N) is 2. The number of para-hydroxylation sites is 1. The summed E-state index contributed by atoms with van der Waals surface area (Å²) in [7, 11) is 3.44. The fourth-order valence-electron chi connectivity index (χ4n) is 4.11. The lowest BCUT2D eigenvalue weighted by molar-refractivity contribution is 0.0143. The summed E-state index contributed by atoms with van der Waals surface area (Å²) in [6.07, 6.45) is 8.55. The van der Waals surface area contributed by atoms with Crippen LogP contribution in [0.5, 0.6) is 0 Å². The van der Waals surface area contributed by atoms with Gasteiger partial charge in [0.2, 0.25) is 0 Å². The van der Waals surface area contributed by atoms with E-state index in [1.54, 1.807) is 6.07 Å². The zero-order valence-electron chi connectivity index (χ0n) is 20.2. The molecule has 182 valence electrons. The first-order chi connectivity index (χ1) is 16.9. The number of rotatable bonds is 8. The van der Waals surface area contributed by atoms with Gasteiger partial charge in [-0.05, 0) is 18.6 Å². The SMILES string of the molecule is CCOC1C=CC(c2cc(NC[C@@H](C)c3cccc4c(C(=O)NC)c(F)cnc34)ncn2)=CN1C. The number of ether oxygens (including phenoxy) is 1. The van der Waals surface area contributed by atoms with Crippen LogP contribution in [0.1, 0.15) is 41.4 Å². The molecule has 2 atom stereocenters. The molecule has 1 aliphatic rings. The van der Waals surface area contributed by atoms with Gasteiger partial charge in [0.1, 0.15) is 18.4 Å². The van der Waals surface area contributed by atoms with Crippen LogP contribution in [0.25, 0.3) is 16.5 Å². The maximum atomic E-state index is 14.4. The van der Waals surface area contributed by atoms with E-state index in [9.17, 15) is 9.18 Å². The lowest BCUT2D eigenvalue weighted by Gasteiger charge is -2.27. The Kier molecular flexibility index (Phi) is 7.36. The van der Waals surface area contributed by atoms with Gasteiger partial charge in [0.25, 0.3) is 5.91 Å². The monoisotopic (exact) mass is 476 g/mol. The Hall–Kier alpha value is -3.85. The lowest BCUT2D eigenvalue weighted by atomic mass is 9.96. The van der Waals surface area contributed by atoms with Crippen molar-refractivity contribution in [3.05, 3.63) is 77.8 Å². The summed E-state index contributed by atoms with van der Waals surface area (Å²) >= 11 is 0. The number of allylic oxidation sites excluding steroid dienone is 2. The molecule has 1 aliphatic heterocycles. The topological polar surface area (TPSA) is 92.3 Å². The van der Waals surface area contributed by atoms with E-state index in [0.717, 1.165) is 23.0 Å². The van der Waals surface area contributed by atoms with Crippen LogP contribution in [0.15, 0.2) is 55.1 Å². The van der Waals surface area contributed by atoms with Crippen LogP contribution in [-0.4, -0.2) is 59.2 Å². The van der Waals surface area contributed by atoms with E-state index in [-0.39, 0.29) is 17.7 Å². The van der Waals surface area contributed by atoms with E-state index in [0.29, 0.717) is 29.9 Å². The molecule has 2 aromatic heterocycles. The zero-order chi connectivity index (χ0) is 24.9. The van der Waals surface area contributed by atoms with Crippen molar-refractivity contribution in [3.8, 4) is 0 Å². The van der Waals surface area contributed by atoms with Gasteiger partial charge in [-0.1, -0.05) is 31.2 Å². The normalized spacial score (nSPS) is 16.2. The Morgan fingerprint density at radius 3 is 2.86 bits per heavy atom. The average molecular weight is 477 g/mol. The summed E-state index contributed by atoms with van der Waals surface area (Å²) in [5.41, 5.74) is 3.28. The number of likely N-dealkylation sites (N-methyl/N-ethyl adjacent to an activating group) is 1. The van der Waals surface area contributed by atoms with Crippen molar-refractivity contribution < 1.29 is 13.9 Å². The predicted octanol–water partition coefficient (Wildman–Crippen LogP) is 3.94. The van der Waals surface area contributed by atoms with E-state index in [1.807, 2.05) is 62.3 Å². The van der Waals surface area contributed by atoms with Crippen LogP contribution >= 0.6 is 0 Å². The van der Waals surface area contributed by atoms with Gasteiger partial charge in [-0.2, -0.15) is 0 Å². The molecule has 3 heterocycles. The molecule has 0 bridgehead atoms. The molecule has 9 heteroatoms. The number of carbonyl (C=O) groups is 1. The number of hydrogen-bond donors (Lipinski definition) is 2. The number of aromatic nitrogens is 3. The number of anilines is 1. The van der Waals surface area contributed by atoms with Crippen LogP contribution < -0.4 is 10.6 Å². The van der Waals surface area contributed by atoms with E-state index < -0.39 is 11.7 Å².